The van der Waals surface area contributed by atoms with Crippen molar-refractivity contribution in [3.05, 3.63) is 29.3 Å². The van der Waals surface area contributed by atoms with Crippen molar-refractivity contribution in [2.24, 2.45) is 11.3 Å². The van der Waals surface area contributed by atoms with Crippen molar-refractivity contribution in [3.8, 4) is 5.75 Å². The van der Waals surface area contributed by atoms with Crippen LogP contribution in [0.15, 0.2) is 18.2 Å². The Bertz CT molecular complexity index is 462. The summed E-state index contributed by atoms with van der Waals surface area (Å²) in [5.41, 5.74) is 3.28. The van der Waals surface area contributed by atoms with Crippen LogP contribution in [0.1, 0.15) is 37.8 Å². The van der Waals surface area contributed by atoms with Gasteiger partial charge in [0.2, 0.25) is 0 Å². The molecule has 1 saturated carbocycles. The molecule has 1 aromatic rings. The Balaban J connectivity index is 1.49. The highest BCUT2D eigenvalue weighted by molar-refractivity contribution is 5.40. The smallest absolute Gasteiger partial charge is 0.123 e. The van der Waals surface area contributed by atoms with Crippen LogP contribution in [0.25, 0.3) is 0 Å². The van der Waals surface area contributed by atoms with Crippen LogP contribution in [-0.2, 0) is 6.42 Å². The van der Waals surface area contributed by atoms with Gasteiger partial charge >= 0.3 is 0 Å². The quantitative estimate of drug-likeness (QED) is 0.876. The molecule has 0 amide bonds. The van der Waals surface area contributed by atoms with Crippen molar-refractivity contribution in [2.75, 3.05) is 13.1 Å². The van der Waals surface area contributed by atoms with Gasteiger partial charge in [-0.05, 0) is 42.7 Å². The van der Waals surface area contributed by atoms with Gasteiger partial charge in [0, 0.05) is 19.5 Å². The summed E-state index contributed by atoms with van der Waals surface area (Å²) in [5.74, 6) is 1.88. The molecule has 0 radical (unpaired) electrons. The predicted molar refractivity (Wildman–Crippen MR) is 78.7 cm³/mol. The molecule has 0 bridgehead atoms. The van der Waals surface area contributed by atoms with Crippen LogP contribution in [0.3, 0.4) is 0 Å². The number of benzene rings is 1. The molecule has 1 heterocycles. The van der Waals surface area contributed by atoms with Gasteiger partial charge in [0.25, 0.3) is 0 Å². The normalized spacial score (nSPS) is 23.3. The third-order valence-electron chi connectivity index (χ3n) is 4.92. The number of hydrogen-bond donors (Lipinski definition) is 1. The van der Waals surface area contributed by atoms with E-state index in [-0.39, 0.29) is 0 Å². The van der Waals surface area contributed by atoms with Gasteiger partial charge in [-0.15, -0.1) is 0 Å². The minimum atomic E-state index is 0.319. The molecule has 3 rings (SSSR count). The lowest BCUT2D eigenvalue weighted by molar-refractivity contribution is 0.218. The maximum atomic E-state index is 6.00. The molecular weight excluding hydrogens is 234 g/mol. The van der Waals surface area contributed by atoms with Gasteiger partial charge in [0.05, 0.1) is 0 Å². The molecule has 0 aromatic heterocycles. The SMILES string of the molecule is Cc1ccc2c(c1)CC(CNCC1(C(C)C)CC1)O2. The molecule has 2 aliphatic rings. The number of fused-ring (bicyclic) bond motifs is 1. The van der Waals surface area contributed by atoms with Gasteiger partial charge in [-0.3, -0.25) is 0 Å². The van der Waals surface area contributed by atoms with Crippen LogP contribution in [0.4, 0.5) is 0 Å². The molecule has 2 nitrogen and oxygen atoms in total. The fraction of sp³-hybridized carbons (Fsp3) is 0.647. The summed E-state index contributed by atoms with van der Waals surface area (Å²) in [4.78, 5) is 0. The molecule has 1 aliphatic carbocycles. The van der Waals surface area contributed by atoms with Gasteiger partial charge in [0.15, 0.2) is 0 Å². The van der Waals surface area contributed by atoms with Gasteiger partial charge in [-0.1, -0.05) is 31.5 Å². The van der Waals surface area contributed by atoms with Crippen LogP contribution < -0.4 is 10.1 Å². The van der Waals surface area contributed by atoms with Crippen molar-refractivity contribution >= 4 is 0 Å². The molecule has 1 N–H and O–H groups in total. The van der Waals surface area contributed by atoms with Gasteiger partial charge < -0.3 is 10.1 Å². The molecule has 19 heavy (non-hydrogen) atoms. The minimum Gasteiger partial charge on any atom is -0.488 e. The molecule has 1 fully saturated rings. The van der Waals surface area contributed by atoms with E-state index in [9.17, 15) is 0 Å². The topological polar surface area (TPSA) is 21.3 Å². The van der Waals surface area contributed by atoms with Crippen molar-refractivity contribution in [2.45, 2.75) is 46.1 Å². The van der Waals surface area contributed by atoms with E-state index in [1.807, 2.05) is 0 Å². The summed E-state index contributed by atoms with van der Waals surface area (Å²) in [6.45, 7) is 8.96. The Labute approximate surface area is 116 Å². The molecule has 1 aromatic carbocycles. The first-order chi connectivity index (χ1) is 9.09. The zero-order valence-electron chi connectivity index (χ0n) is 12.3. The fourth-order valence-corrected chi connectivity index (χ4v) is 3.16. The van der Waals surface area contributed by atoms with E-state index in [2.05, 4.69) is 44.3 Å². The number of ether oxygens (including phenoxy) is 1. The van der Waals surface area contributed by atoms with Crippen LogP contribution in [-0.4, -0.2) is 19.2 Å². The Morgan fingerprint density at radius 1 is 1.37 bits per heavy atom. The average Bonchev–Trinajstić information content (AvgIpc) is 3.04. The lowest BCUT2D eigenvalue weighted by Crippen LogP contribution is -2.35. The van der Waals surface area contributed by atoms with Crippen molar-refractivity contribution in [1.82, 2.24) is 5.32 Å². The zero-order valence-corrected chi connectivity index (χ0v) is 12.3. The Hall–Kier alpha value is -1.02. The monoisotopic (exact) mass is 259 g/mol. The van der Waals surface area contributed by atoms with Crippen LogP contribution in [0.5, 0.6) is 5.75 Å². The van der Waals surface area contributed by atoms with E-state index >= 15 is 0 Å². The Morgan fingerprint density at radius 3 is 2.84 bits per heavy atom. The highest BCUT2D eigenvalue weighted by atomic mass is 16.5. The second-order valence-electron chi connectivity index (χ2n) is 6.70. The Morgan fingerprint density at radius 2 is 2.16 bits per heavy atom. The minimum absolute atomic E-state index is 0.319. The highest BCUT2D eigenvalue weighted by Gasteiger charge is 2.44. The van der Waals surface area contributed by atoms with Gasteiger partial charge in [-0.25, -0.2) is 0 Å². The molecule has 1 unspecified atom stereocenters. The van der Waals surface area contributed by atoms with Crippen molar-refractivity contribution < 1.29 is 4.74 Å². The van der Waals surface area contributed by atoms with Gasteiger partial charge in [0.1, 0.15) is 11.9 Å². The van der Waals surface area contributed by atoms with Crippen LogP contribution >= 0.6 is 0 Å². The number of nitrogens with one attached hydrogen (secondary N) is 1. The maximum absolute atomic E-state index is 6.00. The summed E-state index contributed by atoms with van der Waals surface area (Å²) in [6, 6.07) is 6.50. The Kier molecular flexibility index (Phi) is 3.30. The highest BCUT2D eigenvalue weighted by Crippen LogP contribution is 2.51. The largest absolute Gasteiger partial charge is 0.488 e. The number of aryl methyl sites for hydroxylation is 1. The summed E-state index contributed by atoms with van der Waals surface area (Å²) in [7, 11) is 0. The van der Waals surface area contributed by atoms with Crippen LogP contribution in [0.2, 0.25) is 0 Å². The fourth-order valence-electron chi connectivity index (χ4n) is 3.16. The van der Waals surface area contributed by atoms with E-state index in [0.717, 1.165) is 31.2 Å². The third kappa shape index (κ3) is 2.64. The van der Waals surface area contributed by atoms with E-state index in [1.165, 1.54) is 24.0 Å². The van der Waals surface area contributed by atoms with Crippen LogP contribution in [0, 0.1) is 18.3 Å². The molecule has 1 atom stereocenters. The van der Waals surface area contributed by atoms with Crippen molar-refractivity contribution in [3.63, 3.8) is 0 Å². The van der Waals surface area contributed by atoms with E-state index in [1.54, 1.807) is 0 Å². The summed E-state index contributed by atoms with van der Waals surface area (Å²) < 4.78 is 6.00. The standard InChI is InChI=1S/C17H25NO/c1-12(2)17(6-7-17)11-18-10-15-9-14-8-13(3)4-5-16(14)19-15/h4-5,8,12,15,18H,6-7,9-11H2,1-3H3. The van der Waals surface area contributed by atoms with E-state index < -0.39 is 0 Å². The number of rotatable bonds is 5. The maximum Gasteiger partial charge on any atom is 0.123 e. The first kappa shape index (κ1) is 13.0. The van der Waals surface area contributed by atoms with E-state index in [4.69, 9.17) is 4.74 Å². The summed E-state index contributed by atoms with van der Waals surface area (Å²) in [5, 5.41) is 3.64. The zero-order chi connectivity index (χ0) is 13.5. The lowest BCUT2D eigenvalue weighted by atomic mass is 9.92. The molecule has 0 saturated heterocycles. The summed E-state index contributed by atoms with van der Waals surface area (Å²) in [6.07, 6.45) is 4.16. The molecular formula is C17H25NO. The molecule has 2 heteroatoms. The third-order valence-corrected chi connectivity index (χ3v) is 4.92. The predicted octanol–water partition coefficient (Wildman–Crippen LogP) is 3.32. The second-order valence-corrected chi connectivity index (χ2v) is 6.70. The first-order valence-electron chi connectivity index (χ1n) is 7.56. The van der Waals surface area contributed by atoms with E-state index in [0.29, 0.717) is 11.5 Å². The molecule has 104 valence electrons. The summed E-state index contributed by atoms with van der Waals surface area (Å²) >= 11 is 0. The molecule has 1 aliphatic heterocycles. The van der Waals surface area contributed by atoms with Gasteiger partial charge in [-0.2, -0.15) is 0 Å². The molecule has 0 spiro atoms. The second kappa shape index (κ2) is 4.82. The van der Waals surface area contributed by atoms with Crippen molar-refractivity contribution in [1.29, 1.82) is 0 Å². The number of hydrogen-bond acceptors (Lipinski definition) is 2. The first-order valence-corrected chi connectivity index (χ1v) is 7.56. The average molecular weight is 259 g/mol. The lowest BCUT2D eigenvalue weighted by Gasteiger charge is -2.21.